The molecule has 0 saturated heterocycles. The van der Waals surface area contributed by atoms with Gasteiger partial charge in [-0.2, -0.15) is 0 Å². The molecule has 4 atom stereocenters. The van der Waals surface area contributed by atoms with E-state index in [0.29, 0.717) is 25.7 Å². The molecule has 0 aromatic heterocycles. The topological polar surface area (TPSA) is 237 Å². The van der Waals surface area contributed by atoms with Crippen molar-refractivity contribution in [3.63, 3.8) is 0 Å². The normalized spacial score (nSPS) is 26.0. The van der Waals surface area contributed by atoms with E-state index in [4.69, 9.17) is 21.1 Å². The fourth-order valence-electron chi connectivity index (χ4n) is 4.10. The van der Waals surface area contributed by atoms with Crippen LogP contribution in [0.4, 0.5) is 9.59 Å². The van der Waals surface area contributed by atoms with E-state index in [-0.39, 0.29) is 48.2 Å². The number of carboxylic acid groups (broad SMARTS) is 1. The van der Waals surface area contributed by atoms with Crippen molar-refractivity contribution in [3.05, 3.63) is 25.3 Å². The number of hydrogen-bond acceptors (Lipinski definition) is 10. The van der Waals surface area contributed by atoms with Crippen molar-refractivity contribution in [2.24, 2.45) is 17.0 Å². The molecule has 264 valence electrons. The number of alkyl carbamates (subject to hydrolysis) is 2. The van der Waals surface area contributed by atoms with Crippen LogP contribution in [0.1, 0.15) is 80.1 Å². The van der Waals surface area contributed by atoms with Crippen LogP contribution in [0.3, 0.4) is 0 Å². The van der Waals surface area contributed by atoms with Crippen molar-refractivity contribution in [1.82, 2.24) is 15.4 Å². The van der Waals surface area contributed by atoms with Crippen LogP contribution in [0, 0.1) is 42.9 Å². The Morgan fingerprint density at radius 2 is 1.19 bits per heavy atom. The zero-order chi connectivity index (χ0) is 36.8. The van der Waals surface area contributed by atoms with Gasteiger partial charge in [0.2, 0.25) is 20.0 Å². The number of carbonyl (C=O) groups excluding carboxylic acids is 3. The molecule has 4 fully saturated rings. The van der Waals surface area contributed by atoms with Gasteiger partial charge in [-0.25, -0.2) is 36.4 Å². The fourth-order valence-corrected chi connectivity index (χ4v) is 6.26. The van der Waals surface area contributed by atoms with Gasteiger partial charge in [0, 0.05) is 51.3 Å². The number of aliphatic carboxylic acids is 1. The van der Waals surface area contributed by atoms with Crippen molar-refractivity contribution in [3.8, 4) is 0 Å². The summed E-state index contributed by atoms with van der Waals surface area (Å²) in [6.45, 7) is 17.4. The van der Waals surface area contributed by atoms with Gasteiger partial charge in [0.15, 0.2) is 0 Å². The Bertz CT molecular complexity index is 1430. The minimum Gasteiger partial charge on any atom is -0.479 e. The third kappa shape index (κ3) is 13.8. The average Bonchev–Trinajstić information content (AvgIpc) is 3.73. The summed E-state index contributed by atoms with van der Waals surface area (Å²) >= 11 is 0. The van der Waals surface area contributed by atoms with Crippen LogP contribution in [0.2, 0.25) is 0 Å². The predicted octanol–water partition coefficient (Wildman–Crippen LogP) is 1.39. The molecule has 15 nitrogen and oxygen atoms in total. The summed E-state index contributed by atoms with van der Waals surface area (Å²) in [6.07, 6.45) is 4.91. The molecule has 19 heteroatoms. The van der Waals surface area contributed by atoms with Gasteiger partial charge in [-0.1, -0.05) is 12.2 Å². The van der Waals surface area contributed by atoms with Crippen LogP contribution < -0.4 is 20.5 Å². The first-order valence-electron chi connectivity index (χ1n) is 15.0. The Balaban J connectivity index is 0.000000741. The van der Waals surface area contributed by atoms with Crippen LogP contribution in [0.5, 0.6) is 0 Å². The number of rotatable bonds is 9. The molecule has 3 amide bonds. The van der Waals surface area contributed by atoms with Crippen molar-refractivity contribution in [1.29, 1.82) is 1.34 Å². The number of carbonyl (C=O) groups is 4. The van der Waals surface area contributed by atoms with Gasteiger partial charge >= 0.3 is 18.2 Å². The van der Waals surface area contributed by atoms with Gasteiger partial charge in [-0.15, -0.1) is 13.2 Å². The smallest absolute Gasteiger partial charge is 0.408 e. The molecule has 4 aliphatic rings. The summed E-state index contributed by atoms with van der Waals surface area (Å²) < 4.78 is 61.6. The number of hydrogen-bond donors (Lipinski definition) is 5. The summed E-state index contributed by atoms with van der Waals surface area (Å²) in [6, 6.07) is 0. The van der Waals surface area contributed by atoms with E-state index in [1.807, 2.05) is 0 Å². The van der Waals surface area contributed by atoms with Crippen LogP contribution in [-0.2, 0) is 39.1 Å². The average molecular weight is 930 g/mol. The van der Waals surface area contributed by atoms with E-state index in [2.05, 4.69) is 36.9 Å². The monoisotopic (exact) mass is 929 g/mol. The van der Waals surface area contributed by atoms with Crippen molar-refractivity contribution >= 4 is 52.5 Å². The molecule has 4 rings (SSSR count). The van der Waals surface area contributed by atoms with Crippen LogP contribution in [0.15, 0.2) is 25.3 Å². The third-order valence-electron chi connectivity index (χ3n) is 7.02. The van der Waals surface area contributed by atoms with E-state index in [0.717, 1.165) is 12.8 Å². The molecule has 0 aliphatic heterocycles. The van der Waals surface area contributed by atoms with Gasteiger partial charge in [0.1, 0.15) is 22.3 Å². The maximum Gasteiger partial charge on any atom is 0.408 e. The Hall–Kier alpha value is -2.06. The predicted molar refractivity (Wildman–Crippen MR) is 172 cm³/mol. The van der Waals surface area contributed by atoms with Gasteiger partial charge in [-0.05, 0) is 81.4 Å². The molecule has 2 radical (unpaired) electrons. The Morgan fingerprint density at radius 1 is 0.830 bits per heavy atom. The second-order valence-electron chi connectivity index (χ2n) is 13.6. The summed E-state index contributed by atoms with van der Waals surface area (Å²) in [5, 5.41) is 17.9. The van der Waals surface area contributed by atoms with Crippen molar-refractivity contribution < 1.29 is 81.7 Å². The first-order valence-corrected chi connectivity index (χ1v) is 17.6. The molecule has 0 spiro atoms. The minimum absolute atomic E-state index is 0. The SMILES string of the molecule is C=CC1CC1(NC(=O)OC(C)(C)C)C(=O)NS(=O)(=O)C1CC1.C=CC1CC1(NC(=O)OC(C)(C)C)C(=O)O.NS(=O)(=O)C1CC1.[2H][B].[U]. The number of carboxylic acids is 1. The summed E-state index contributed by atoms with van der Waals surface area (Å²) in [5.41, 5.74) is -3.85. The molecule has 4 aliphatic carbocycles. The quantitative estimate of drug-likeness (QED) is 0.164. The molecule has 4 unspecified atom stereocenters. The van der Waals surface area contributed by atoms with Gasteiger partial charge in [0.05, 0.1) is 10.5 Å². The second-order valence-corrected chi connectivity index (χ2v) is 17.4. The van der Waals surface area contributed by atoms with E-state index in [1.54, 1.807) is 41.5 Å². The Kier molecular flexibility index (Phi) is 14.7. The molecular formula is C28H47BN4O11S2U. The van der Waals surface area contributed by atoms with E-state index in [1.165, 1.54) is 12.2 Å². The van der Waals surface area contributed by atoms with E-state index < -0.39 is 71.6 Å². The molecule has 0 aromatic carbocycles. The third-order valence-corrected chi connectivity index (χ3v) is 10.2. The first-order chi connectivity index (χ1) is 21.3. The zero-order valence-electron chi connectivity index (χ0n) is 28.6. The zero-order valence-corrected chi connectivity index (χ0v) is 33.4. The summed E-state index contributed by atoms with van der Waals surface area (Å²) in [5.74, 6) is -2.31. The maximum absolute atomic E-state index is 12.3. The number of nitrogens with one attached hydrogen (secondary N) is 3. The number of sulfonamides is 2. The molecular weight excluding hydrogens is 881 g/mol. The summed E-state index contributed by atoms with van der Waals surface area (Å²) in [4.78, 5) is 46.7. The van der Waals surface area contributed by atoms with Crippen LogP contribution >= 0.6 is 0 Å². The second kappa shape index (κ2) is 16.1. The molecule has 0 heterocycles. The van der Waals surface area contributed by atoms with Crippen LogP contribution in [0.25, 0.3) is 0 Å². The van der Waals surface area contributed by atoms with Gasteiger partial charge in [0.25, 0.3) is 5.91 Å². The van der Waals surface area contributed by atoms with Crippen molar-refractivity contribution in [2.45, 2.75) is 113 Å². The van der Waals surface area contributed by atoms with Crippen LogP contribution in [-0.4, -0.2) is 88.5 Å². The van der Waals surface area contributed by atoms with E-state index in [9.17, 15) is 36.0 Å². The largest absolute Gasteiger partial charge is 0.479 e. The molecule has 6 N–H and O–H groups in total. The fraction of sp³-hybridized carbons (Fsp3) is 0.714. The number of amides is 3. The standard InChI is InChI=1S/C14H22N2O5S.C11H17NO4.C3H7NO2S.BH.U/c1-5-9-8-14(9,15-12(18)21-13(2,3)4)11(17)16-22(19,20)10-6-7-10;1-5-7-6-11(7,8(13)14)12-9(15)16-10(2,3)4;4-7(5,6)3-1-2-3;;/h5,9-10H,1,6-8H2,2-4H3,(H,15,18)(H,16,17);5,7H,1,6H2,2-4H3,(H,12,15)(H,13,14);3H,1-2H2,(H2,4,5,6);1H;/i;;;1D;. The number of ether oxygens (including phenoxy) is 2. The summed E-state index contributed by atoms with van der Waals surface area (Å²) in [7, 11) is -3.04. The minimum atomic E-state index is -3.66. The Labute approximate surface area is 304 Å². The molecule has 0 bridgehead atoms. The first kappa shape index (κ1) is 43.0. The Morgan fingerprint density at radius 3 is 1.45 bits per heavy atom. The number of primary sulfonamides is 1. The molecule has 4 saturated carbocycles. The molecule has 47 heavy (non-hydrogen) atoms. The number of nitrogens with two attached hydrogens (primary N) is 1. The van der Waals surface area contributed by atoms with Gasteiger partial charge in [-0.3, -0.25) is 9.52 Å². The maximum atomic E-state index is 12.3. The van der Waals surface area contributed by atoms with Crippen molar-refractivity contribution in [2.75, 3.05) is 0 Å². The van der Waals surface area contributed by atoms with E-state index >= 15 is 0 Å². The van der Waals surface area contributed by atoms with Gasteiger partial charge < -0.3 is 25.2 Å². The molecule has 0 aromatic rings.